The lowest BCUT2D eigenvalue weighted by atomic mass is 9.92. The molecule has 0 aliphatic carbocycles. The van der Waals surface area contributed by atoms with Crippen LogP contribution in [-0.2, 0) is 14.3 Å². The van der Waals surface area contributed by atoms with Crippen LogP contribution in [0.1, 0.15) is 11.5 Å². The highest BCUT2D eigenvalue weighted by molar-refractivity contribution is 5.97. The molecule has 0 amide bonds. The van der Waals surface area contributed by atoms with Crippen LogP contribution >= 0.6 is 0 Å². The molecule has 0 spiro atoms. The molecule has 0 heterocycles. The molecule has 6 heteroatoms. The fourth-order valence-electron chi connectivity index (χ4n) is 1.77. The Balaban J connectivity index is 3.26. The molecule has 0 radical (unpaired) electrons. The van der Waals surface area contributed by atoms with E-state index in [1.807, 2.05) is 0 Å². The van der Waals surface area contributed by atoms with E-state index in [-0.39, 0.29) is 5.57 Å². The number of methoxy groups -OCH3 is 3. The summed E-state index contributed by atoms with van der Waals surface area (Å²) in [4.78, 5) is 22.8. The molecule has 1 unspecified atom stereocenters. The number of hydrogen-bond acceptors (Lipinski definition) is 5. The van der Waals surface area contributed by atoms with Crippen molar-refractivity contribution in [2.45, 2.75) is 5.92 Å². The van der Waals surface area contributed by atoms with E-state index in [9.17, 15) is 14.7 Å². The number of carbonyl (C=O) groups is 2. The highest BCUT2D eigenvalue weighted by atomic mass is 16.5. The lowest BCUT2D eigenvalue weighted by molar-refractivity contribution is -0.142. The van der Waals surface area contributed by atoms with Gasteiger partial charge >= 0.3 is 11.9 Å². The van der Waals surface area contributed by atoms with Crippen molar-refractivity contribution >= 4 is 11.9 Å². The van der Waals surface area contributed by atoms with Gasteiger partial charge in [0, 0.05) is 5.57 Å². The molecule has 0 bridgehead atoms. The van der Waals surface area contributed by atoms with Crippen LogP contribution in [0.3, 0.4) is 0 Å². The third-order valence-electron chi connectivity index (χ3n) is 2.78. The van der Waals surface area contributed by atoms with E-state index in [1.54, 1.807) is 6.07 Å². The first-order valence-electron chi connectivity index (χ1n) is 5.68. The van der Waals surface area contributed by atoms with Crippen LogP contribution in [-0.4, -0.2) is 38.4 Å². The molecular weight excluding hydrogens is 264 g/mol. The Kier molecular flexibility index (Phi) is 5.14. The SMILES string of the molecule is C=C(C(=O)OC)C(C(=O)O)c1ccc(OC)c(OC)c1. The van der Waals surface area contributed by atoms with Gasteiger partial charge in [0.1, 0.15) is 5.92 Å². The second kappa shape index (κ2) is 6.60. The number of carboxylic acid groups (broad SMARTS) is 1. The monoisotopic (exact) mass is 280 g/mol. The molecule has 1 N–H and O–H groups in total. The summed E-state index contributed by atoms with van der Waals surface area (Å²) in [5.41, 5.74) is 0.192. The molecule has 1 aromatic carbocycles. The number of carboxylic acids is 1. The predicted molar refractivity (Wildman–Crippen MR) is 71.1 cm³/mol. The van der Waals surface area contributed by atoms with Gasteiger partial charge in [-0.05, 0) is 17.7 Å². The van der Waals surface area contributed by atoms with Crippen molar-refractivity contribution in [3.8, 4) is 11.5 Å². The maximum atomic E-state index is 11.5. The molecule has 0 saturated carbocycles. The number of aliphatic carboxylic acids is 1. The summed E-state index contributed by atoms with van der Waals surface area (Å²) >= 11 is 0. The Bertz CT molecular complexity index is 534. The summed E-state index contributed by atoms with van der Waals surface area (Å²) in [6.45, 7) is 3.49. The van der Waals surface area contributed by atoms with Gasteiger partial charge in [0.15, 0.2) is 11.5 Å². The zero-order valence-electron chi connectivity index (χ0n) is 11.5. The van der Waals surface area contributed by atoms with Gasteiger partial charge < -0.3 is 19.3 Å². The van der Waals surface area contributed by atoms with Gasteiger partial charge in [-0.2, -0.15) is 0 Å². The molecule has 1 atom stereocenters. The molecule has 0 aliphatic heterocycles. The summed E-state index contributed by atoms with van der Waals surface area (Å²) in [6.07, 6.45) is 0. The average Bonchev–Trinajstić information content (AvgIpc) is 2.45. The van der Waals surface area contributed by atoms with E-state index >= 15 is 0 Å². The van der Waals surface area contributed by atoms with Crippen LogP contribution in [0.25, 0.3) is 0 Å². The first-order valence-corrected chi connectivity index (χ1v) is 5.68. The van der Waals surface area contributed by atoms with Gasteiger partial charge in [-0.1, -0.05) is 12.6 Å². The number of benzene rings is 1. The topological polar surface area (TPSA) is 82.1 Å². The molecule has 1 aromatic rings. The first kappa shape index (κ1) is 15.6. The second-order valence-corrected chi connectivity index (χ2v) is 3.90. The van der Waals surface area contributed by atoms with Crippen molar-refractivity contribution in [3.05, 3.63) is 35.9 Å². The van der Waals surface area contributed by atoms with Gasteiger partial charge in [-0.25, -0.2) is 4.79 Å². The smallest absolute Gasteiger partial charge is 0.334 e. The molecule has 0 fully saturated rings. The van der Waals surface area contributed by atoms with Gasteiger partial charge in [-0.3, -0.25) is 4.79 Å². The van der Waals surface area contributed by atoms with Gasteiger partial charge in [0.25, 0.3) is 0 Å². The summed E-state index contributed by atoms with van der Waals surface area (Å²) in [6, 6.07) is 4.59. The van der Waals surface area contributed by atoms with Crippen molar-refractivity contribution in [1.29, 1.82) is 0 Å². The molecule has 20 heavy (non-hydrogen) atoms. The summed E-state index contributed by atoms with van der Waals surface area (Å²) in [7, 11) is 4.08. The highest BCUT2D eigenvalue weighted by Gasteiger charge is 2.29. The van der Waals surface area contributed by atoms with Gasteiger partial charge in [0.05, 0.1) is 21.3 Å². The zero-order valence-corrected chi connectivity index (χ0v) is 11.5. The van der Waals surface area contributed by atoms with Crippen LogP contribution in [0.15, 0.2) is 30.4 Å². The minimum atomic E-state index is -1.21. The van der Waals surface area contributed by atoms with Gasteiger partial charge in [-0.15, -0.1) is 0 Å². The molecule has 0 saturated heterocycles. The van der Waals surface area contributed by atoms with Crippen molar-refractivity contribution in [2.75, 3.05) is 21.3 Å². The Labute approximate surface area is 116 Å². The fraction of sp³-hybridized carbons (Fsp3) is 0.286. The van der Waals surface area contributed by atoms with E-state index in [0.717, 1.165) is 0 Å². The quantitative estimate of drug-likeness (QED) is 0.629. The molecule has 0 aromatic heterocycles. The number of ether oxygens (including phenoxy) is 3. The van der Waals surface area contributed by atoms with E-state index in [1.165, 1.54) is 33.5 Å². The minimum absolute atomic E-state index is 0.160. The maximum absolute atomic E-state index is 11.5. The Morgan fingerprint density at radius 2 is 1.75 bits per heavy atom. The normalized spacial score (nSPS) is 11.3. The number of rotatable bonds is 6. The Morgan fingerprint density at radius 1 is 1.15 bits per heavy atom. The van der Waals surface area contributed by atoms with Gasteiger partial charge in [0.2, 0.25) is 0 Å². The molecule has 108 valence electrons. The largest absolute Gasteiger partial charge is 0.493 e. The Morgan fingerprint density at radius 3 is 2.20 bits per heavy atom. The van der Waals surface area contributed by atoms with Crippen LogP contribution in [0.4, 0.5) is 0 Å². The lowest BCUT2D eigenvalue weighted by Crippen LogP contribution is -2.20. The second-order valence-electron chi connectivity index (χ2n) is 3.90. The van der Waals surface area contributed by atoms with Crippen LogP contribution in [0, 0.1) is 0 Å². The summed E-state index contributed by atoms with van der Waals surface area (Å²) in [5, 5.41) is 9.29. The fourth-order valence-corrected chi connectivity index (χ4v) is 1.77. The maximum Gasteiger partial charge on any atom is 0.334 e. The molecular formula is C14H16O6. The average molecular weight is 280 g/mol. The molecule has 6 nitrogen and oxygen atoms in total. The van der Waals surface area contributed by atoms with Crippen molar-refractivity contribution in [2.24, 2.45) is 0 Å². The lowest BCUT2D eigenvalue weighted by Gasteiger charge is -2.16. The zero-order chi connectivity index (χ0) is 15.3. The number of carbonyl (C=O) groups excluding carboxylic acids is 1. The highest BCUT2D eigenvalue weighted by Crippen LogP contribution is 2.33. The standard InChI is InChI=1S/C14H16O6/c1-8(14(17)20-4)12(13(15)16)9-5-6-10(18-2)11(7-9)19-3/h5-7,12H,1H2,2-4H3,(H,15,16). The third kappa shape index (κ3) is 3.09. The van der Waals surface area contributed by atoms with E-state index in [4.69, 9.17) is 9.47 Å². The third-order valence-corrected chi connectivity index (χ3v) is 2.78. The van der Waals surface area contributed by atoms with E-state index < -0.39 is 17.9 Å². The Hall–Kier alpha value is -2.50. The summed E-state index contributed by atoms with van der Waals surface area (Å²) in [5.74, 6) is -2.35. The number of esters is 1. The molecule has 0 aliphatic rings. The first-order chi connectivity index (χ1) is 9.46. The molecule has 1 rings (SSSR count). The van der Waals surface area contributed by atoms with Crippen molar-refractivity contribution in [3.63, 3.8) is 0 Å². The predicted octanol–water partition coefficient (Wildman–Crippen LogP) is 1.60. The van der Waals surface area contributed by atoms with Crippen LogP contribution < -0.4 is 9.47 Å². The van der Waals surface area contributed by atoms with E-state index in [0.29, 0.717) is 17.1 Å². The van der Waals surface area contributed by atoms with Crippen LogP contribution in [0.2, 0.25) is 0 Å². The van der Waals surface area contributed by atoms with Crippen molar-refractivity contribution < 1.29 is 28.9 Å². The van der Waals surface area contributed by atoms with Crippen LogP contribution in [0.5, 0.6) is 11.5 Å². The minimum Gasteiger partial charge on any atom is -0.493 e. The van der Waals surface area contributed by atoms with E-state index in [2.05, 4.69) is 11.3 Å². The number of hydrogen-bond donors (Lipinski definition) is 1. The summed E-state index contributed by atoms with van der Waals surface area (Å²) < 4.78 is 14.7. The van der Waals surface area contributed by atoms with Crippen molar-refractivity contribution in [1.82, 2.24) is 0 Å².